The second-order valence-corrected chi connectivity index (χ2v) is 4.17. The quantitative estimate of drug-likeness (QED) is 0.891. The molecule has 1 aliphatic heterocycles. The molecule has 6 heteroatoms. The van der Waals surface area contributed by atoms with E-state index in [0.717, 1.165) is 5.56 Å². The van der Waals surface area contributed by atoms with Crippen LogP contribution in [0.5, 0.6) is 11.5 Å². The molecule has 0 bridgehead atoms. The van der Waals surface area contributed by atoms with Gasteiger partial charge >= 0.3 is 5.97 Å². The first-order valence-corrected chi connectivity index (χ1v) is 5.76. The first kappa shape index (κ1) is 11.6. The molecule has 0 atom stereocenters. The molecule has 0 radical (unpaired) electrons. The molecule has 0 amide bonds. The van der Waals surface area contributed by atoms with E-state index in [2.05, 4.69) is 5.16 Å². The first-order valence-electron chi connectivity index (χ1n) is 5.76. The molecule has 0 aliphatic carbocycles. The Balaban J connectivity index is 2.11. The maximum Gasteiger partial charge on any atom is 0.374 e. The van der Waals surface area contributed by atoms with Crippen molar-refractivity contribution in [3.05, 3.63) is 29.5 Å². The molecular weight excluding hydrogens is 250 g/mol. The summed E-state index contributed by atoms with van der Waals surface area (Å²) in [6.07, 6.45) is 0. The van der Waals surface area contributed by atoms with Gasteiger partial charge in [0.2, 0.25) is 5.76 Å². The third-order valence-corrected chi connectivity index (χ3v) is 2.88. The molecule has 0 fully saturated rings. The van der Waals surface area contributed by atoms with Gasteiger partial charge in [-0.1, -0.05) is 11.2 Å². The molecular formula is C13H11NO5. The van der Waals surface area contributed by atoms with Crippen LogP contribution in [0.4, 0.5) is 0 Å². The lowest BCUT2D eigenvalue weighted by Crippen LogP contribution is -2.16. The number of rotatable bonds is 2. The summed E-state index contributed by atoms with van der Waals surface area (Å²) in [5.41, 5.74) is 2.04. The smallest absolute Gasteiger partial charge is 0.374 e. The van der Waals surface area contributed by atoms with Gasteiger partial charge in [-0.15, -0.1) is 0 Å². The zero-order chi connectivity index (χ0) is 13.4. The van der Waals surface area contributed by atoms with E-state index in [-0.39, 0.29) is 5.76 Å². The number of carboxylic acids is 1. The predicted molar refractivity (Wildman–Crippen MR) is 64.6 cm³/mol. The summed E-state index contributed by atoms with van der Waals surface area (Å²) in [4.78, 5) is 10.8. The molecule has 98 valence electrons. The number of hydrogen-bond donors (Lipinski definition) is 1. The normalized spacial score (nSPS) is 13.3. The first-order chi connectivity index (χ1) is 9.16. The zero-order valence-corrected chi connectivity index (χ0v) is 10.2. The number of carboxylic acid groups (broad SMARTS) is 1. The average molecular weight is 261 g/mol. The summed E-state index contributed by atoms with van der Waals surface area (Å²) >= 11 is 0. The van der Waals surface area contributed by atoms with Gasteiger partial charge in [0.1, 0.15) is 18.9 Å². The molecule has 1 aromatic carbocycles. The zero-order valence-electron chi connectivity index (χ0n) is 10.2. The van der Waals surface area contributed by atoms with E-state index >= 15 is 0 Å². The van der Waals surface area contributed by atoms with Crippen LogP contribution in [0.3, 0.4) is 0 Å². The fourth-order valence-corrected chi connectivity index (χ4v) is 1.98. The van der Waals surface area contributed by atoms with E-state index in [4.69, 9.17) is 19.1 Å². The van der Waals surface area contributed by atoms with Crippen molar-refractivity contribution in [3.8, 4) is 22.8 Å². The summed E-state index contributed by atoms with van der Waals surface area (Å²) in [6.45, 7) is 2.87. The number of hydrogen-bond acceptors (Lipinski definition) is 5. The Bertz CT molecular complexity index is 646. The molecule has 6 nitrogen and oxygen atoms in total. The van der Waals surface area contributed by atoms with E-state index in [9.17, 15) is 4.79 Å². The number of fused-ring (bicyclic) bond motifs is 1. The topological polar surface area (TPSA) is 81.8 Å². The highest BCUT2D eigenvalue weighted by atomic mass is 16.6. The van der Waals surface area contributed by atoms with Crippen LogP contribution in [0, 0.1) is 6.92 Å². The lowest BCUT2D eigenvalue weighted by atomic mass is 10.1. The summed E-state index contributed by atoms with van der Waals surface area (Å²) in [6, 6.07) is 5.05. The van der Waals surface area contributed by atoms with Crippen molar-refractivity contribution < 1.29 is 23.9 Å². The summed E-state index contributed by atoms with van der Waals surface area (Å²) in [5.74, 6) is -0.113. The van der Waals surface area contributed by atoms with E-state index in [1.807, 2.05) is 19.1 Å². The molecule has 2 heterocycles. The molecule has 0 saturated heterocycles. The Morgan fingerprint density at radius 3 is 2.68 bits per heavy atom. The van der Waals surface area contributed by atoms with E-state index in [1.54, 1.807) is 0 Å². The molecule has 3 rings (SSSR count). The molecule has 1 aliphatic rings. The van der Waals surface area contributed by atoms with Crippen LogP contribution < -0.4 is 9.47 Å². The Morgan fingerprint density at radius 2 is 2.00 bits per heavy atom. The molecule has 0 unspecified atom stereocenters. The van der Waals surface area contributed by atoms with Crippen molar-refractivity contribution in [2.45, 2.75) is 6.92 Å². The SMILES string of the molecule is Cc1ccc(-c2cc(C(=O)O)on2)c2c1OCCO2. The minimum absolute atomic E-state index is 0.207. The molecule has 1 aromatic heterocycles. The van der Waals surface area contributed by atoms with Gasteiger partial charge in [0, 0.05) is 11.6 Å². The number of aromatic nitrogens is 1. The van der Waals surface area contributed by atoms with Gasteiger partial charge in [-0.2, -0.15) is 0 Å². The molecule has 2 aromatic rings. The highest BCUT2D eigenvalue weighted by Gasteiger charge is 2.22. The monoisotopic (exact) mass is 261 g/mol. The van der Waals surface area contributed by atoms with Crippen LogP contribution in [0.2, 0.25) is 0 Å². The molecule has 1 N–H and O–H groups in total. The van der Waals surface area contributed by atoms with Crippen LogP contribution in [0.25, 0.3) is 11.3 Å². The summed E-state index contributed by atoms with van der Waals surface area (Å²) < 4.78 is 15.9. The van der Waals surface area contributed by atoms with Gasteiger partial charge < -0.3 is 19.1 Å². The average Bonchev–Trinajstić information content (AvgIpc) is 2.89. The minimum atomic E-state index is -1.16. The molecule has 0 saturated carbocycles. The Hall–Kier alpha value is -2.50. The highest BCUT2D eigenvalue weighted by Crippen LogP contribution is 2.41. The van der Waals surface area contributed by atoms with Gasteiger partial charge in [-0.05, 0) is 18.6 Å². The van der Waals surface area contributed by atoms with Crippen LogP contribution in [0.15, 0.2) is 22.7 Å². The highest BCUT2D eigenvalue weighted by molar-refractivity contribution is 5.86. The maximum absolute atomic E-state index is 10.8. The van der Waals surface area contributed by atoms with Crippen LogP contribution in [-0.2, 0) is 0 Å². The molecule has 0 spiro atoms. The van der Waals surface area contributed by atoms with E-state index in [1.165, 1.54) is 6.07 Å². The van der Waals surface area contributed by atoms with Crippen molar-refractivity contribution in [1.82, 2.24) is 5.16 Å². The number of aromatic carboxylic acids is 1. The molecule has 19 heavy (non-hydrogen) atoms. The van der Waals surface area contributed by atoms with Crippen LogP contribution in [-0.4, -0.2) is 29.4 Å². The lowest BCUT2D eigenvalue weighted by molar-refractivity contribution is 0.0652. The number of benzene rings is 1. The minimum Gasteiger partial charge on any atom is -0.486 e. The Morgan fingerprint density at radius 1 is 1.26 bits per heavy atom. The standard InChI is InChI=1S/C13H11NO5/c1-7-2-3-8(12-11(7)17-4-5-18-12)9-6-10(13(15)16)19-14-9/h2-3,6H,4-5H2,1H3,(H,15,16). The van der Waals surface area contributed by atoms with Gasteiger partial charge in [-0.3, -0.25) is 0 Å². The van der Waals surface area contributed by atoms with Gasteiger partial charge in [0.15, 0.2) is 11.5 Å². The van der Waals surface area contributed by atoms with Crippen LogP contribution >= 0.6 is 0 Å². The van der Waals surface area contributed by atoms with Gasteiger partial charge in [0.25, 0.3) is 0 Å². The maximum atomic E-state index is 10.8. The van der Waals surface area contributed by atoms with Crippen molar-refractivity contribution in [1.29, 1.82) is 0 Å². The van der Waals surface area contributed by atoms with Crippen molar-refractivity contribution in [2.24, 2.45) is 0 Å². The number of carbonyl (C=O) groups is 1. The third-order valence-electron chi connectivity index (χ3n) is 2.88. The van der Waals surface area contributed by atoms with Crippen molar-refractivity contribution in [3.63, 3.8) is 0 Å². The number of nitrogens with zero attached hydrogens (tertiary/aromatic N) is 1. The number of aryl methyl sites for hydroxylation is 1. The Labute approximate surface area is 108 Å². The summed E-state index contributed by atoms with van der Waals surface area (Å²) in [7, 11) is 0. The van der Waals surface area contributed by atoms with Crippen molar-refractivity contribution >= 4 is 5.97 Å². The lowest BCUT2D eigenvalue weighted by Gasteiger charge is -2.22. The van der Waals surface area contributed by atoms with E-state index < -0.39 is 5.97 Å². The van der Waals surface area contributed by atoms with Gasteiger partial charge in [0.05, 0.1) is 0 Å². The Kier molecular flexibility index (Phi) is 2.63. The van der Waals surface area contributed by atoms with E-state index in [0.29, 0.717) is 36.0 Å². The second-order valence-electron chi connectivity index (χ2n) is 4.17. The third kappa shape index (κ3) is 1.91. The second kappa shape index (κ2) is 4.31. The number of ether oxygens (including phenoxy) is 2. The largest absolute Gasteiger partial charge is 0.486 e. The summed E-state index contributed by atoms with van der Waals surface area (Å²) in [5, 5.41) is 12.6. The fraction of sp³-hybridized carbons (Fsp3) is 0.231. The predicted octanol–water partition coefficient (Wildman–Crippen LogP) is 2.12. The van der Waals surface area contributed by atoms with Crippen molar-refractivity contribution in [2.75, 3.05) is 13.2 Å². The van der Waals surface area contributed by atoms with Gasteiger partial charge in [-0.25, -0.2) is 4.79 Å². The van der Waals surface area contributed by atoms with Crippen LogP contribution in [0.1, 0.15) is 16.1 Å². The fourth-order valence-electron chi connectivity index (χ4n) is 1.98.